The molecule has 6 heteroatoms. The van der Waals surface area contributed by atoms with Crippen molar-refractivity contribution in [3.8, 4) is 0 Å². The molecular weight excluding hydrogens is 234 g/mol. The molecule has 0 aromatic rings. The zero-order chi connectivity index (χ0) is 13.1. The van der Waals surface area contributed by atoms with Crippen LogP contribution < -0.4 is 5.32 Å². The van der Waals surface area contributed by atoms with Crippen LogP contribution in [-0.4, -0.2) is 66.2 Å². The zero-order valence-electron chi connectivity index (χ0n) is 10.8. The molecule has 18 heavy (non-hydrogen) atoms. The number of hydrogen-bond acceptors (Lipinski definition) is 3. The van der Waals surface area contributed by atoms with Gasteiger partial charge in [-0.3, -0.25) is 4.79 Å². The minimum absolute atomic E-state index is 0.0445. The van der Waals surface area contributed by atoms with Gasteiger partial charge in [0, 0.05) is 31.6 Å². The van der Waals surface area contributed by atoms with Gasteiger partial charge in [-0.15, -0.1) is 0 Å². The molecule has 0 bridgehead atoms. The number of urea groups is 1. The molecule has 2 aliphatic rings. The van der Waals surface area contributed by atoms with Crippen molar-refractivity contribution in [2.24, 2.45) is 5.92 Å². The highest BCUT2D eigenvalue weighted by Crippen LogP contribution is 2.19. The number of rotatable bonds is 3. The summed E-state index contributed by atoms with van der Waals surface area (Å²) in [6.07, 6.45) is 2.31. The first-order valence-corrected chi connectivity index (χ1v) is 6.50. The molecule has 0 saturated carbocycles. The Labute approximate surface area is 107 Å². The molecule has 1 atom stereocenters. The smallest absolute Gasteiger partial charge is 0.317 e. The van der Waals surface area contributed by atoms with E-state index in [0.717, 1.165) is 25.9 Å². The van der Waals surface area contributed by atoms with Gasteiger partial charge in [-0.2, -0.15) is 0 Å². The van der Waals surface area contributed by atoms with E-state index in [1.54, 1.807) is 4.90 Å². The highest BCUT2D eigenvalue weighted by atomic mass is 16.4. The van der Waals surface area contributed by atoms with Crippen molar-refractivity contribution < 1.29 is 14.7 Å². The second-order valence-electron chi connectivity index (χ2n) is 5.42. The van der Waals surface area contributed by atoms with E-state index in [1.807, 2.05) is 0 Å². The third-order valence-electron chi connectivity index (χ3n) is 3.66. The number of carbonyl (C=O) groups excluding carboxylic acids is 1. The fourth-order valence-electron chi connectivity index (χ4n) is 2.66. The normalized spacial score (nSPS) is 25.6. The maximum absolute atomic E-state index is 11.9. The Morgan fingerprint density at radius 2 is 2.06 bits per heavy atom. The number of nitrogens with zero attached hydrogens (tertiary/aromatic N) is 2. The van der Waals surface area contributed by atoms with Crippen LogP contribution in [0.25, 0.3) is 0 Å². The van der Waals surface area contributed by atoms with E-state index in [0.29, 0.717) is 13.1 Å². The van der Waals surface area contributed by atoms with E-state index in [2.05, 4.69) is 17.3 Å². The number of carbonyl (C=O) groups is 2. The zero-order valence-corrected chi connectivity index (χ0v) is 10.8. The predicted molar refractivity (Wildman–Crippen MR) is 66.4 cm³/mol. The molecule has 2 aliphatic heterocycles. The molecule has 2 heterocycles. The molecule has 2 amide bonds. The van der Waals surface area contributed by atoms with Gasteiger partial charge in [0.05, 0.1) is 6.42 Å². The number of likely N-dealkylation sites (tertiary alicyclic amines) is 2. The van der Waals surface area contributed by atoms with E-state index >= 15 is 0 Å². The van der Waals surface area contributed by atoms with Gasteiger partial charge in [-0.05, 0) is 26.4 Å². The SMILES string of the molecule is CN1CCCC(NC(=O)N2CC(CC(=O)O)C2)C1. The summed E-state index contributed by atoms with van der Waals surface area (Å²) in [6, 6.07) is 0.187. The maximum atomic E-state index is 11.9. The summed E-state index contributed by atoms with van der Waals surface area (Å²) in [7, 11) is 2.06. The van der Waals surface area contributed by atoms with Gasteiger partial charge in [0.25, 0.3) is 0 Å². The second kappa shape index (κ2) is 5.56. The van der Waals surface area contributed by atoms with Crippen molar-refractivity contribution in [2.75, 3.05) is 33.2 Å². The molecule has 2 saturated heterocycles. The molecule has 6 nitrogen and oxygen atoms in total. The highest BCUT2D eigenvalue weighted by molar-refractivity contribution is 5.76. The Balaban J connectivity index is 1.68. The lowest BCUT2D eigenvalue weighted by Crippen LogP contribution is -2.57. The third-order valence-corrected chi connectivity index (χ3v) is 3.66. The molecule has 0 radical (unpaired) electrons. The number of carboxylic acids is 1. The van der Waals surface area contributed by atoms with Crippen LogP contribution >= 0.6 is 0 Å². The first-order valence-electron chi connectivity index (χ1n) is 6.50. The molecule has 2 N–H and O–H groups in total. The fraction of sp³-hybridized carbons (Fsp3) is 0.833. The van der Waals surface area contributed by atoms with Crippen LogP contribution in [0.15, 0.2) is 0 Å². The van der Waals surface area contributed by atoms with Crippen molar-refractivity contribution in [1.29, 1.82) is 0 Å². The molecule has 0 aliphatic carbocycles. The molecule has 0 aromatic carbocycles. The summed E-state index contributed by atoms with van der Waals surface area (Å²) in [5.74, 6) is -0.656. The summed E-state index contributed by atoms with van der Waals surface area (Å²) in [5, 5.41) is 11.7. The van der Waals surface area contributed by atoms with E-state index in [1.165, 1.54) is 0 Å². The first kappa shape index (κ1) is 13.1. The predicted octanol–water partition coefficient (Wildman–Crippen LogP) is 0.197. The minimum atomic E-state index is -0.783. The van der Waals surface area contributed by atoms with Crippen molar-refractivity contribution in [3.63, 3.8) is 0 Å². The molecule has 0 spiro atoms. The summed E-state index contributed by atoms with van der Waals surface area (Å²) in [4.78, 5) is 26.3. The number of piperidine rings is 1. The van der Waals surface area contributed by atoms with E-state index < -0.39 is 5.97 Å². The highest BCUT2D eigenvalue weighted by Gasteiger charge is 2.33. The Kier molecular flexibility index (Phi) is 4.06. The van der Waals surface area contributed by atoms with Crippen LogP contribution in [0.3, 0.4) is 0 Å². The van der Waals surface area contributed by atoms with Gasteiger partial charge in [0.15, 0.2) is 0 Å². The minimum Gasteiger partial charge on any atom is -0.481 e. The summed E-state index contributed by atoms with van der Waals surface area (Å²) >= 11 is 0. The molecule has 0 aromatic heterocycles. The van der Waals surface area contributed by atoms with Crippen LogP contribution in [-0.2, 0) is 4.79 Å². The third kappa shape index (κ3) is 3.35. The summed E-state index contributed by atoms with van der Waals surface area (Å²) < 4.78 is 0. The van der Waals surface area contributed by atoms with Crippen molar-refractivity contribution in [1.82, 2.24) is 15.1 Å². The van der Waals surface area contributed by atoms with Crippen LogP contribution in [0, 0.1) is 5.92 Å². The Morgan fingerprint density at radius 1 is 1.33 bits per heavy atom. The number of aliphatic carboxylic acids is 1. The summed E-state index contributed by atoms with van der Waals surface area (Å²) in [5.41, 5.74) is 0. The Morgan fingerprint density at radius 3 is 2.67 bits per heavy atom. The largest absolute Gasteiger partial charge is 0.481 e. The van der Waals surface area contributed by atoms with Gasteiger partial charge in [-0.25, -0.2) is 4.79 Å². The second-order valence-corrected chi connectivity index (χ2v) is 5.42. The van der Waals surface area contributed by atoms with E-state index in [4.69, 9.17) is 5.11 Å². The number of likely N-dealkylation sites (N-methyl/N-ethyl adjacent to an activating group) is 1. The van der Waals surface area contributed by atoms with Crippen LogP contribution in [0.5, 0.6) is 0 Å². The number of carboxylic acid groups (broad SMARTS) is 1. The topological polar surface area (TPSA) is 72.9 Å². The first-order chi connectivity index (χ1) is 8.54. The number of hydrogen-bond donors (Lipinski definition) is 2. The average Bonchev–Trinajstić information content (AvgIpc) is 2.22. The monoisotopic (exact) mass is 255 g/mol. The van der Waals surface area contributed by atoms with Crippen LogP contribution in [0.1, 0.15) is 19.3 Å². The Bertz CT molecular complexity index is 329. The molecule has 2 rings (SSSR count). The van der Waals surface area contributed by atoms with Gasteiger partial charge in [0.1, 0.15) is 0 Å². The average molecular weight is 255 g/mol. The van der Waals surface area contributed by atoms with Crippen LogP contribution in [0.2, 0.25) is 0 Å². The fourth-order valence-corrected chi connectivity index (χ4v) is 2.66. The molecular formula is C12H21N3O3. The lowest BCUT2D eigenvalue weighted by Gasteiger charge is -2.40. The van der Waals surface area contributed by atoms with Crippen molar-refractivity contribution in [2.45, 2.75) is 25.3 Å². The number of amides is 2. The molecule has 102 valence electrons. The lowest BCUT2D eigenvalue weighted by atomic mass is 9.97. The quantitative estimate of drug-likeness (QED) is 0.755. The standard InChI is InChI=1S/C12H21N3O3/c1-14-4-2-3-10(8-14)13-12(18)15-6-9(7-15)5-11(16)17/h9-10H,2-8H2,1H3,(H,13,18)(H,16,17). The number of nitrogens with one attached hydrogen (secondary N) is 1. The lowest BCUT2D eigenvalue weighted by molar-refractivity contribution is -0.139. The van der Waals surface area contributed by atoms with E-state index in [9.17, 15) is 9.59 Å². The maximum Gasteiger partial charge on any atom is 0.317 e. The molecule has 1 unspecified atom stereocenters. The van der Waals surface area contributed by atoms with Gasteiger partial charge in [-0.1, -0.05) is 0 Å². The van der Waals surface area contributed by atoms with E-state index in [-0.39, 0.29) is 24.4 Å². The van der Waals surface area contributed by atoms with Gasteiger partial charge < -0.3 is 20.2 Å². The molecule has 2 fully saturated rings. The Hall–Kier alpha value is -1.30. The van der Waals surface area contributed by atoms with Gasteiger partial charge >= 0.3 is 12.0 Å². The summed E-state index contributed by atoms with van der Waals surface area (Å²) in [6.45, 7) is 3.14. The van der Waals surface area contributed by atoms with Gasteiger partial charge in [0.2, 0.25) is 0 Å². The van der Waals surface area contributed by atoms with Crippen LogP contribution in [0.4, 0.5) is 4.79 Å². The van der Waals surface area contributed by atoms with Crippen molar-refractivity contribution in [3.05, 3.63) is 0 Å². The van der Waals surface area contributed by atoms with Crippen molar-refractivity contribution >= 4 is 12.0 Å².